The number of nitrogens with zero attached hydrogens (tertiary/aromatic N) is 4. The van der Waals surface area contributed by atoms with Gasteiger partial charge < -0.3 is 4.42 Å². The fourth-order valence-corrected chi connectivity index (χ4v) is 4.80. The van der Waals surface area contributed by atoms with Gasteiger partial charge in [0.1, 0.15) is 5.25 Å². The van der Waals surface area contributed by atoms with E-state index in [0.717, 1.165) is 29.6 Å². The molecule has 1 aromatic carbocycles. The lowest BCUT2D eigenvalue weighted by atomic mass is 9.95. The molecule has 2 aromatic heterocycles. The zero-order valence-electron chi connectivity index (χ0n) is 16.0. The Kier molecular flexibility index (Phi) is 5.82. The summed E-state index contributed by atoms with van der Waals surface area (Å²) < 4.78 is 7.82. The molecule has 0 unspecified atom stereocenters. The molecule has 1 saturated carbocycles. The third-order valence-electron chi connectivity index (χ3n) is 5.28. The van der Waals surface area contributed by atoms with E-state index < -0.39 is 0 Å². The largest absolute Gasteiger partial charge is 0.461 e. The predicted octanol–water partition coefficient (Wildman–Crippen LogP) is 5.58. The number of benzene rings is 1. The molecule has 28 heavy (non-hydrogen) atoms. The lowest BCUT2D eigenvalue weighted by Crippen LogP contribution is -2.16. The van der Waals surface area contributed by atoms with Crippen LogP contribution in [0.3, 0.4) is 0 Å². The van der Waals surface area contributed by atoms with E-state index in [4.69, 9.17) is 4.42 Å². The van der Waals surface area contributed by atoms with Crippen molar-refractivity contribution in [2.24, 2.45) is 0 Å². The number of furan rings is 1. The topological polar surface area (TPSA) is 67.6 Å². The van der Waals surface area contributed by atoms with Gasteiger partial charge >= 0.3 is 0 Å². The minimum absolute atomic E-state index is 0.210. The van der Waals surface area contributed by atoms with E-state index in [0.29, 0.717) is 12.5 Å². The van der Waals surface area contributed by atoms with Crippen LogP contribution in [0.25, 0.3) is 11.6 Å². The maximum Gasteiger partial charge on any atom is 0.200 e. The summed E-state index contributed by atoms with van der Waals surface area (Å²) in [7, 11) is 0. The summed E-state index contributed by atoms with van der Waals surface area (Å²) in [6, 6.07) is 15.0. The van der Waals surface area contributed by atoms with E-state index in [1.807, 2.05) is 12.1 Å². The lowest BCUT2D eigenvalue weighted by Gasteiger charge is -2.25. The Balaban J connectivity index is 1.61. The molecule has 0 saturated heterocycles. The third-order valence-corrected chi connectivity index (χ3v) is 6.33. The first-order valence-electron chi connectivity index (χ1n) is 9.85. The van der Waals surface area contributed by atoms with Crippen LogP contribution in [-0.4, -0.2) is 20.0 Å². The van der Waals surface area contributed by atoms with E-state index >= 15 is 0 Å². The molecule has 1 atom stereocenters. The van der Waals surface area contributed by atoms with Gasteiger partial charge in [-0.25, -0.2) is 0 Å². The molecule has 1 aliphatic carbocycles. The number of thioether (sulfide) groups is 1. The van der Waals surface area contributed by atoms with Gasteiger partial charge in [0, 0.05) is 6.04 Å². The standard InChI is InChI=1S/C22H24N4OS/c1-16-9-11-17(12-10-16)14-19(15-23)28-22-25-24-21(20-8-5-13-27-20)26(22)18-6-3-2-4-7-18/h5,8-13,18-19H,2-4,6-7,14H2,1H3/t19-/m1/s1. The van der Waals surface area contributed by atoms with Crippen molar-refractivity contribution in [2.45, 2.75) is 61.9 Å². The number of hydrogen-bond donors (Lipinski definition) is 0. The molecule has 6 heteroatoms. The highest BCUT2D eigenvalue weighted by atomic mass is 32.2. The van der Waals surface area contributed by atoms with Gasteiger partial charge in [0.05, 0.1) is 12.3 Å². The fourth-order valence-electron chi connectivity index (χ4n) is 3.78. The Morgan fingerprint density at radius 1 is 1.18 bits per heavy atom. The van der Waals surface area contributed by atoms with Crippen molar-refractivity contribution < 1.29 is 4.42 Å². The molecule has 4 rings (SSSR count). The summed E-state index contributed by atoms with van der Waals surface area (Å²) in [6.07, 6.45) is 8.31. The number of aryl methyl sites for hydroxylation is 1. The van der Waals surface area contributed by atoms with E-state index in [-0.39, 0.29) is 5.25 Å². The van der Waals surface area contributed by atoms with E-state index in [2.05, 4.69) is 52.0 Å². The van der Waals surface area contributed by atoms with Crippen molar-refractivity contribution in [1.82, 2.24) is 14.8 Å². The molecule has 0 N–H and O–H groups in total. The van der Waals surface area contributed by atoms with Gasteiger partial charge in [-0.1, -0.05) is 60.9 Å². The summed E-state index contributed by atoms with van der Waals surface area (Å²) in [5.74, 6) is 1.50. The van der Waals surface area contributed by atoms with Crippen molar-refractivity contribution in [3.8, 4) is 17.7 Å². The van der Waals surface area contributed by atoms with Crippen molar-refractivity contribution in [3.63, 3.8) is 0 Å². The Bertz CT molecular complexity index is 934. The molecule has 5 nitrogen and oxygen atoms in total. The lowest BCUT2D eigenvalue weighted by molar-refractivity contribution is 0.337. The summed E-state index contributed by atoms with van der Waals surface area (Å²) in [5.41, 5.74) is 2.39. The highest BCUT2D eigenvalue weighted by molar-refractivity contribution is 8.00. The van der Waals surface area contributed by atoms with Gasteiger partial charge in [-0.05, 0) is 43.9 Å². The van der Waals surface area contributed by atoms with Crippen LogP contribution < -0.4 is 0 Å². The zero-order chi connectivity index (χ0) is 19.3. The number of aromatic nitrogens is 3. The molecule has 0 bridgehead atoms. The number of rotatable bonds is 6. The number of hydrogen-bond acceptors (Lipinski definition) is 5. The molecular weight excluding hydrogens is 368 g/mol. The average molecular weight is 393 g/mol. The Hall–Kier alpha value is -2.52. The van der Waals surface area contributed by atoms with E-state index in [9.17, 15) is 5.26 Å². The van der Waals surface area contributed by atoms with Crippen LogP contribution in [0.4, 0.5) is 0 Å². The maximum absolute atomic E-state index is 9.75. The van der Waals surface area contributed by atoms with E-state index in [1.165, 1.54) is 42.2 Å². The monoisotopic (exact) mass is 392 g/mol. The second-order valence-corrected chi connectivity index (χ2v) is 8.54. The molecular formula is C22H24N4OS. The average Bonchev–Trinajstić information content (AvgIpc) is 3.39. The quantitative estimate of drug-likeness (QED) is 0.512. The van der Waals surface area contributed by atoms with E-state index in [1.54, 1.807) is 6.26 Å². The van der Waals surface area contributed by atoms with Crippen LogP contribution in [0.5, 0.6) is 0 Å². The number of nitriles is 1. The van der Waals surface area contributed by atoms with Gasteiger partial charge in [0.2, 0.25) is 5.82 Å². The maximum atomic E-state index is 9.75. The minimum atomic E-state index is -0.210. The summed E-state index contributed by atoms with van der Waals surface area (Å²) in [6.45, 7) is 2.07. The van der Waals surface area contributed by atoms with Crippen molar-refractivity contribution >= 4 is 11.8 Å². The Morgan fingerprint density at radius 2 is 1.96 bits per heavy atom. The minimum Gasteiger partial charge on any atom is -0.461 e. The first kappa shape index (κ1) is 18.8. The highest BCUT2D eigenvalue weighted by Crippen LogP contribution is 2.37. The zero-order valence-corrected chi connectivity index (χ0v) is 16.9. The molecule has 3 aromatic rings. The molecule has 0 aliphatic heterocycles. The molecule has 1 fully saturated rings. The van der Waals surface area contributed by atoms with Crippen molar-refractivity contribution in [3.05, 3.63) is 53.8 Å². The van der Waals surface area contributed by atoms with Crippen molar-refractivity contribution in [1.29, 1.82) is 5.26 Å². The molecule has 0 amide bonds. The third kappa shape index (κ3) is 4.15. The van der Waals surface area contributed by atoms with Crippen LogP contribution in [0.15, 0.2) is 52.2 Å². The normalized spacial score (nSPS) is 16.0. The van der Waals surface area contributed by atoms with Gasteiger partial charge in [0.25, 0.3) is 0 Å². The van der Waals surface area contributed by atoms with Gasteiger partial charge in [-0.2, -0.15) is 5.26 Å². The molecule has 144 valence electrons. The Morgan fingerprint density at radius 3 is 2.64 bits per heavy atom. The summed E-state index contributed by atoms with van der Waals surface area (Å²) >= 11 is 1.51. The van der Waals surface area contributed by atoms with Crippen LogP contribution in [0, 0.1) is 18.3 Å². The smallest absolute Gasteiger partial charge is 0.200 e. The predicted molar refractivity (Wildman–Crippen MR) is 110 cm³/mol. The van der Waals surface area contributed by atoms with Crippen LogP contribution in [0.2, 0.25) is 0 Å². The first-order valence-corrected chi connectivity index (χ1v) is 10.7. The molecule has 0 spiro atoms. The van der Waals surface area contributed by atoms with Gasteiger partial charge in [-0.15, -0.1) is 10.2 Å². The summed E-state index contributed by atoms with van der Waals surface area (Å²) in [5, 5.41) is 19.2. The van der Waals surface area contributed by atoms with Crippen LogP contribution in [0.1, 0.15) is 49.3 Å². The van der Waals surface area contributed by atoms with Crippen LogP contribution >= 0.6 is 11.8 Å². The van der Waals surface area contributed by atoms with Crippen molar-refractivity contribution in [2.75, 3.05) is 0 Å². The summed E-state index contributed by atoms with van der Waals surface area (Å²) in [4.78, 5) is 0. The Labute approximate surface area is 169 Å². The highest BCUT2D eigenvalue weighted by Gasteiger charge is 2.26. The fraction of sp³-hybridized carbons (Fsp3) is 0.409. The first-order chi connectivity index (χ1) is 13.7. The van der Waals surface area contributed by atoms with Gasteiger partial charge in [0.15, 0.2) is 10.9 Å². The second-order valence-electron chi connectivity index (χ2n) is 7.37. The van der Waals surface area contributed by atoms with Gasteiger partial charge in [-0.3, -0.25) is 4.57 Å². The molecule has 2 heterocycles. The SMILES string of the molecule is Cc1ccc(C[C@H](C#N)Sc2nnc(-c3ccco3)n2C2CCCCC2)cc1. The second kappa shape index (κ2) is 8.66. The van der Waals surface area contributed by atoms with Crippen LogP contribution in [-0.2, 0) is 6.42 Å². The molecule has 0 radical (unpaired) electrons. The molecule has 1 aliphatic rings.